The summed E-state index contributed by atoms with van der Waals surface area (Å²) in [7, 11) is 0. The van der Waals surface area contributed by atoms with E-state index in [2.05, 4.69) is 47.5 Å². The Morgan fingerprint density at radius 1 is 1.43 bits per heavy atom. The van der Waals surface area contributed by atoms with Crippen LogP contribution in [0.2, 0.25) is 0 Å². The third-order valence-electron chi connectivity index (χ3n) is 2.03. The van der Waals surface area contributed by atoms with Crippen molar-refractivity contribution in [2.75, 3.05) is 5.33 Å². The van der Waals surface area contributed by atoms with E-state index >= 15 is 0 Å². The standard InChI is InChI=1S/C9H8Br2N2S/c10-5-8(11)13-7-4-2-1-3-6(7)12-9(13)14/h1-4,8H,5H2,(H,12,14). The first-order valence-electron chi connectivity index (χ1n) is 4.13. The van der Waals surface area contributed by atoms with Crippen molar-refractivity contribution in [1.29, 1.82) is 0 Å². The Morgan fingerprint density at radius 2 is 2.14 bits per heavy atom. The second kappa shape index (κ2) is 4.16. The van der Waals surface area contributed by atoms with Crippen molar-refractivity contribution in [3.63, 3.8) is 0 Å². The fourth-order valence-corrected chi connectivity index (χ4v) is 2.61. The summed E-state index contributed by atoms with van der Waals surface area (Å²) < 4.78 is 2.80. The van der Waals surface area contributed by atoms with E-state index in [4.69, 9.17) is 12.2 Å². The van der Waals surface area contributed by atoms with Gasteiger partial charge in [-0.15, -0.1) is 0 Å². The molecule has 1 heterocycles. The van der Waals surface area contributed by atoms with E-state index in [0.717, 1.165) is 21.1 Å². The maximum Gasteiger partial charge on any atom is 0.179 e. The van der Waals surface area contributed by atoms with Crippen molar-refractivity contribution in [3.05, 3.63) is 29.0 Å². The van der Waals surface area contributed by atoms with E-state index in [9.17, 15) is 0 Å². The van der Waals surface area contributed by atoms with Crippen molar-refractivity contribution in [2.45, 2.75) is 4.95 Å². The first-order valence-corrected chi connectivity index (χ1v) is 6.58. The van der Waals surface area contributed by atoms with Crippen LogP contribution in [0.1, 0.15) is 4.95 Å². The van der Waals surface area contributed by atoms with Gasteiger partial charge < -0.3 is 9.55 Å². The molecule has 0 aliphatic rings. The van der Waals surface area contributed by atoms with Crippen LogP contribution < -0.4 is 0 Å². The van der Waals surface area contributed by atoms with E-state index < -0.39 is 0 Å². The highest BCUT2D eigenvalue weighted by Crippen LogP contribution is 2.24. The largest absolute Gasteiger partial charge is 0.331 e. The molecule has 0 amide bonds. The number of alkyl halides is 2. The Balaban J connectivity index is 2.74. The van der Waals surface area contributed by atoms with Crippen molar-refractivity contribution in [3.8, 4) is 0 Å². The Hall–Kier alpha value is -0.130. The number of halogens is 2. The molecule has 1 aromatic carbocycles. The van der Waals surface area contributed by atoms with Gasteiger partial charge in [0, 0.05) is 5.33 Å². The van der Waals surface area contributed by atoms with Gasteiger partial charge >= 0.3 is 0 Å². The first kappa shape index (κ1) is 10.4. The summed E-state index contributed by atoms with van der Waals surface area (Å²) in [6.07, 6.45) is 0. The predicted molar refractivity (Wildman–Crippen MR) is 68.9 cm³/mol. The summed E-state index contributed by atoms with van der Waals surface area (Å²) in [6.45, 7) is 0. The predicted octanol–water partition coefficient (Wildman–Crippen LogP) is 3.99. The molecule has 0 aliphatic heterocycles. The number of aromatic nitrogens is 2. The van der Waals surface area contributed by atoms with Crippen LogP contribution in [0.3, 0.4) is 0 Å². The lowest BCUT2D eigenvalue weighted by Crippen LogP contribution is -2.02. The Morgan fingerprint density at radius 3 is 2.86 bits per heavy atom. The molecular weight excluding hydrogens is 328 g/mol. The molecule has 1 aromatic heterocycles. The van der Waals surface area contributed by atoms with Gasteiger partial charge in [0.2, 0.25) is 0 Å². The fourth-order valence-electron chi connectivity index (χ4n) is 1.42. The number of hydrogen-bond donors (Lipinski definition) is 1. The van der Waals surface area contributed by atoms with E-state index in [1.54, 1.807) is 0 Å². The minimum atomic E-state index is 0.186. The van der Waals surface area contributed by atoms with Crippen LogP contribution in [0, 0.1) is 4.77 Å². The van der Waals surface area contributed by atoms with Crippen molar-refractivity contribution in [2.24, 2.45) is 0 Å². The minimum absolute atomic E-state index is 0.186. The van der Waals surface area contributed by atoms with Crippen LogP contribution in [0.25, 0.3) is 11.0 Å². The fraction of sp³-hybridized carbons (Fsp3) is 0.222. The van der Waals surface area contributed by atoms with Crippen LogP contribution in [0.15, 0.2) is 24.3 Å². The quantitative estimate of drug-likeness (QED) is 0.650. The molecule has 74 valence electrons. The lowest BCUT2D eigenvalue weighted by Gasteiger charge is -2.08. The first-order chi connectivity index (χ1) is 6.74. The molecule has 0 radical (unpaired) electrons. The zero-order valence-electron chi connectivity index (χ0n) is 7.21. The summed E-state index contributed by atoms with van der Waals surface area (Å²) in [5.74, 6) is 0. The van der Waals surface area contributed by atoms with Crippen LogP contribution in [0.4, 0.5) is 0 Å². The topological polar surface area (TPSA) is 20.7 Å². The smallest absolute Gasteiger partial charge is 0.179 e. The number of hydrogen-bond acceptors (Lipinski definition) is 1. The number of nitrogens with zero attached hydrogens (tertiary/aromatic N) is 1. The van der Waals surface area contributed by atoms with Gasteiger partial charge in [0.15, 0.2) is 4.77 Å². The lowest BCUT2D eigenvalue weighted by molar-refractivity contribution is 0.778. The number of fused-ring (bicyclic) bond motifs is 1. The zero-order valence-corrected chi connectivity index (χ0v) is 11.2. The molecular formula is C9H8Br2N2S. The Labute approximate surface area is 104 Å². The van der Waals surface area contributed by atoms with Gasteiger partial charge in [-0.25, -0.2) is 0 Å². The number of aromatic amines is 1. The van der Waals surface area contributed by atoms with E-state index in [0.29, 0.717) is 0 Å². The monoisotopic (exact) mass is 334 g/mol. The maximum atomic E-state index is 5.25. The zero-order chi connectivity index (χ0) is 10.1. The SMILES string of the molecule is S=c1[nH]c2ccccc2n1C(Br)CBr. The molecule has 0 aliphatic carbocycles. The van der Waals surface area contributed by atoms with Crippen LogP contribution in [0.5, 0.6) is 0 Å². The summed E-state index contributed by atoms with van der Waals surface area (Å²) >= 11 is 12.2. The van der Waals surface area contributed by atoms with Crippen molar-refractivity contribution in [1.82, 2.24) is 9.55 Å². The molecule has 0 bridgehead atoms. The molecule has 0 saturated heterocycles. The second-order valence-electron chi connectivity index (χ2n) is 2.91. The molecule has 0 fully saturated rings. The number of nitrogens with one attached hydrogen (secondary N) is 1. The molecule has 5 heteroatoms. The molecule has 2 rings (SSSR count). The molecule has 1 N–H and O–H groups in total. The van der Waals surface area contributed by atoms with Gasteiger partial charge in [0.05, 0.1) is 11.0 Å². The van der Waals surface area contributed by atoms with Gasteiger partial charge in [-0.05, 0) is 24.4 Å². The molecule has 0 spiro atoms. The third kappa shape index (κ3) is 1.68. The Kier molecular flexibility index (Phi) is 3.09. The average Bonchev–Trinajstić information content (AvgIpc) is 2.53. The van der Waals surface area contributed by atoms with E-state index in [1.807, 2.05) is 18.2 Å². The van der Waals surface area contributed by atoms with Gasteiger partial charge in [0.25, 0.3) is 0 Å². The van der Waals surface area contributed by atoms with Crippen molar-refractivity contribution >= 4 is 55.1 Å². The van der Waals surface area contributed by atoms with Crippen LogP contribution in [-0.4, -0.2) is 14.9 Å². The van der Waals surface area contributed by atoms with Gasteiger partial charge in [-0.2, -0.15) is 0 Å². The molecule has 14 heavy (non-hydrogen) atoms. The lowest BCUT2D eigenvalue weighted by atomic mass is 10.3. The summed E-state index contributed by atoms with van der Waals surface area (Å²) in [4.78, 5) is 3.36. The second-order valence-corrected chi connectivity index (χ2v) is 5.00. The van der Waals surface area contributed by atoms with Gasteiger partial charge in [-0.3, -0.25) is 0 Å². The number of benzene rings is 1. The van der Waals surface area contributed by atoms with E-state index in [-0.39, 0.29) is 4.95 Å². The van der Waals surface area contributed by atoms with E-state index in [1.165, 1.54) is 0 Å². The molecule has 0 saturated carbocycles. The molecule has 2 aromatic rings. The molecule has 1 unspecified atom stereocenters. The van der Waals surface area contributed by atoms with Crippen molar-refractivity contribution < 1.29 is 0 Å². The Bertz CT molecular complexity index is 503. The van der Waals surface area contributed by atoms with Crippen LogP contribution in [-0.2, 0) is 0 Å². The van der Waals surface area contributed by atoms with Gasteiger partial charge in [0.1, 0.15) is 4.95 Å². The molecule has 1 atom stereocenters. The maximum absolute atomic E-state index is 5.25. The highest BCUT2D eigenvalue weighted by molar-refractivity contribution is 9.11. The highest BCUT2D eigenvalue weighted by atomic mass is 79.9. The third-order valence-corrected chi connectivity index (χ3v) is 4.55. The number of rotatable bonds is 2. The van der Waals surface area contributed by atoms with Crippen LogP contribution >= 0.6 is 44.1 Å². The highest BCUT2D eigenvalue weighted by Gasteiger charge is 2.10. The number of imidazole rings is 1. The number of H-pyrrole nitrogens is 1. The normalized spacial score (nSPS) is 13.3. The summed E-state index contributed by atoms with van der Waals surface area (Å²) in [6, 6.07) is 8.08. The van der Waals surface area contributed by atoms with Gasteiger partial charge in [-0.1, -0.05) is 44.0 Å². The average molecular weight is 336 g/mol. The molecule has 2 nitrogen and oxygen atoms in total. The summed E-state index contributed by atoms with van der Waals surface area (Å²) in [5.41, 5.74) is 2.20. The summed E-state index contributed by atoms with van der Waals surface area (Å²) in [5, 5.41) is 0.823. The minimum Gasteiger partial charge on any atom is -0.331 e. The number of para-hydroxylation sites is 2.